The summed E-state index contributed by atoms with van der Waals surface area (Å²) < 4.78 is 33.6. The van der Waals surface area contributed by atoms with Gasteiger partial charge in [-0.3, -0.25) is 14.8 Å². The van der Waals surface area contributed by atoms with Crippen LogP contribution in [0.25, 0.3) is 0 Å². The van der Waals surface area contributed by atoms with Crippen LogP contribution in [-0.4, -0.2) is 57.6 Å². The Hall–Kier alpha value is -3.36. The van der Waals surface area contributed by atoms with Gasteiger partial charge >= 0.3 is 6.09 Å². The molecule has 0 saturated heterocycles. The number of fused-ring (bicyclic) bond motifs is 2. The SMILES string of the molecule is CC(C)(C)OC(=O)N1CCCCN(Cc2cccc(F)c2)Cc2cccc(n2)CN(Cc2cccc(F)c2)CCC1. The molecule has 2 bridgehead atoms. The minimum Gasteiger partial charge on any atom is -0.444 e. The van der Waals surface area contributed by atoms with Crippen molar-refractivity contribution in [2.75, 3.05) is 26.2 Å². The first-order valence-corrected chi connectivity index (χ1v) is 14.5. The van der Waals surface area contributed by atoms with Crippen molar-refractivity contribution in [1.82, 2.24) is 19.7 Å². The lowest BCUT2D eigenvalue weighted by atomic mass is 10.1. The summed E-state index contributed by atoms with van der Waals surface area (Å²) in [5.74, 6) is -0.497. The minimum atomic E-state index is -0.574. The zero-order valence-corrected chi connectivity index (χ0v) is 24.5. The molecular weight excluding hydrogens is 522 g/mol. The van der Waals surface area contributed by atoms with Crippen LogP contribution in [0.5, 0.6) is 0 Å². The van der Waals surface area contributed by atoms with E-state index in [2.05, 4.69) is 9.80 Å². The summed E-state index contributed by atoms with van der Waals surface area (Å²) >= 11 is 0. The largest absolute Gasteiger partial charge is 0.444 e. The molecule has 1 aliphatic rings. The van der Waals surface area contributed by atoms with E-state index in [1.165, 1.54) is 12.1 Å². The van der Waals surface area contributed by atoms with Crippen molar-refractivity contribution in [3.8, 4) is 0 Å². The van der Waals surface area contributed by atoms with E-state index in [0.717, 1.165) is 48.3 Å². The zero-order valence-electron chi connectivity index (χ0n) is 24.5. The van der Waals surface area contributed by atoms with Gasteiger partial charge in [-0.25, -0.2) is 13.6 Å². The number of benzene rings is 2. The summed E-state index contributed by atoms with van der Waals surface area (Å²) in [6.45, 7) is 10.7. The second-order valence-electron chi connectivity index (χ2n) is 11.8. The van der Waals surface area contributed by atoms with E-state index in [9.17, 15) is 13.6 Å². The van der Waals surface area contributed by atoms with Crippen LogP contribution >= 0.6 is 0 Å². The normalized spacial score (nSPS) is 16.6. The van der Waals surface area contributed by atoms with Gasteiger partial charge in [0.2, 0.25) is 0 Å². The van der Waals surface area contributed by atoms with Gasteiger partial charge in [0, 0.05) is 45.8 Å². The maximum absolute atomic E-state index is 14.0. The standard InChI is InChI=1S/C33H42F2N4O2/c1-33(2,3)41-32(40)39-18-5-4-16-37(22-26-10-6-12-28(34)20-26)24-30-14-8-15-31(36-30)25-38(17-9-19-39)23-27-11-7-13-29(35)21-27/h6-8,10-15,20-21H,4-5,9,16-19,22-25H2,1-3H3. The van der Waals surface area contributed by atoms with Crippen molar-refractivity contribution in [3.05, 3.63) is 101 Å². The molecular formula is C33H42F2N4O2. The molecule has 3 aromatic rings. The first-order valence-electron chi connectivity index (χ1n) is 14.5. The first-order chi connectivity index (χ1) is 19.6. The number of nitrogens with zero attached hydrogens (tertiary/aromatic N) is 4. The van der Waals surface area contributed by atoms with Gasteiger partial charge in [0.15, 0.2) is 0 Å². The molecule has 0 atom stereocenters. The summed E-state index contributed by atoms with van der Waals surface area (Å²) in [7, 11) is 0. The van der Waals surface area contributed by atoms with Crippen molar-refractivity contribution >= 4 is 6.09 Å². The number of hydrogen-bond acceptors (Lipinski definition) is 5. The highest BCUT2D eigenvalue weighted by atomic mass is 19.1. The molecule has 0 spiro atoms. The van der Waals surface area contributed by atoms with Crippen LogP contribution in [0.3, 0.4) is 0 Å². The molecule has 2 aromatic carbocycles. The van der Waals surface area contributed by atoms with E-state index in [1.807, 2.05) is 51.1 Å². The number of carbonyl (C=O) groups excluding carboxylic acids is 1. The van der Waals surface area contributed by atoms with Crippen LogP contribution in [0.15, 0.2) is 66.7 Å². The predicted molar refractivity (Wildman–Crippen MR) is 157 cm³/mol. The van der Waals surface area contributed by atoms with Crippen LogP contribution in [0.2, 0.25) is 0 Å². The van der Waals surface area contributed by atoms with Crippen molar-refractivity contribution in [2.45, 2.75) is 71.8 Å². The van der Waals surface area contributed by atoms with Crippen molar-refractivity contribution < 1.29 is 18.3 Å². The lowest BCUT2D eigenvalue weighted by Gasteiger charge is -2.29. The fourth-order valence-electron chi connectivity index (χ4n) is 5.12. The monoisotopic (exact) mass is 564 g/mol. The molecule has 0 aliphatic carbocycles. The molecule has 0 N–H and O–H groups in total. The smallest absolute Gasteiger partial charge is 0.410 e. The van der Waals surface area contributed by atoms with E-state index < -0.39 is 5.60 Å². The third kappa shape index (κ3) is 10.5. The van der Waals surface area contributed by atoms with Gasteiger partial charge in [-0.1, -0.05) is 30.3 Å². The molecule has 220 valence electrons. The molecule has 4 rings (SSSR count). The number of rotatable bonds is 4. The van der Waals surface area contributed by atoms with Crippen LogP contribution in [0.1, 0.15) is 62.5 Å². The quantitative estimate of drug-likeness (QED) is 0.350. The number of amides is 1. The number of carbonyl (C=O) groups is 1. The topological polar surface area (TPSA) is 48.9 Å². The van der Waals surface area contributed by atoms with Crippen LogP contribution in [0.4, 0.5) is 13.6 Å². The van der Waals surface area contributed by atoms with Crippen molar-refractivity contribution in [2.24, 2.45) is 0 Å². The Bertz CT molecular complexity index is 1280. The molecule has 0 radical (unpaired) electrons. The van der Waals surface area contributed by atoms with Crippen LogP contribution in [-0.2, 0) is 30.9 Å². The first kappa shape index (κ1) is 30.6. The molecule has 1 aromatic heterocycles. The Labute approximate surface area is 242 Å². The zero-order chi connectivity index (χ0) is 29.2. The molecule has 8 heteroatoms. The van der Waals surface area contributed by atoms with Gasteiger partial charge < -0.3 is 9.64 Å². The van der Waals surface area contributed by atoms with Gasteiger partial charge in [0.05, 0.1) is 11.4 Å². The second kappa shape index (κ2) is 14.5. The summed E-state index contributed by atoms with van der Waals surface area (Å²) in [4.78, 5) is 24.4. The Morgan fingerprint density at radius 1 is 0.756 bits per heavy atom. The minimum absolute atomic E-state index is 0.243. The Morgan fingerprint density at radius 2 is 1.24 bits per heavy atom. The number of ether oxygens (including phenoxy) is 1. The molecule has 2 heterocycles. The van der Waals surface area contributed by atoms with Gasteiger partial charge in [0.1, 0.15) is 17.2 Å². The van der Waals surface area contributed by atoms with Gasteiger partial charge in [-0.2, -0.15) is 0 Å². The van der Waals surface area contributed by atoms with Gasteiger partial charge in [-0.05, 0) is 94.1 Å². The third-order valence-electron chi connectivity index (χ3n) is 6.93. The van der Waals surface area contributed by atoms with Crippen molar-refractivity contribution in [3.63, 3.8) is 0 Å². The lowest BCUT2D eigenvalue weighted by Crippen LogP contribution is -2.39. The number of hydrogen-bond donors (Lipinski definition) is 0. The molecule has 41 heavy (non-hydrogen) atoms. The summed E-state index contributed by atoms with van der Waals surface area (Å²) in [5.41, 5.74) is 3.12. The fourth-order valence-corrected chi connectivity index (χ4v) is 5.12. The Morgan fingerprint density at radius 3 is 1.78 bits per heavy atom. The molecule has 0 fully saturated rings. The van der Waals surface area contributed by atoms with E-state index in [1.54, 1.807) is 29.2 Å². The Kier molecular flexibility index (Phi) is 10.8. The molecule has 6 nitrogen and oxygen atoms in total. The van der Waals surface area contributed by atoms with Crippen LogP contribution in [0, 0.1) is 11.6 Å². The number of aromatic nitrogens is 1. The molecule has 0 saturated carbocycles. The van der Waals surface area contributed by atoms with E-state index in [-0.39, 0.29) is 17.7 Å². The molecule has 1 amide bonds. The summed E-state index contributed by atoms with van der Waals surface area (Å²) in [6, 6.07) is 19.5. The second-order valence-corrected chi connectivity index (χ2v) is 11.8. The molecule has 1 aliphatic heterocycles. The average Bonchev–Trinajstić information content (AvgIpc) is 2.89. The average molecular weight is 565 g/mol. The van der Waals surface area contributed by atoms with E-state index in [0.29, 0.717) is 45.8 Å². The summed E-state index contributed by atoms with van der Waals surface area (Å²) in [6.07, 6.45) is 2.14. The summed E-state index contributed by atoms with van der Waals surface area (Å²) in [5, 5.41) is 0. The predicted octanol–water partition coefficient (Wildman–Crippen LogP) is 6.79. The fraction of sp³-hybridized carbons (Fsp3) is 0.455. The third-order valence-corrected chi connectivity index (χ3v) is 6.93. The number of pyridine rings is 1. The van der Waals surface area contributed by atoms with E-state index in [4.69, 9.17) is 9.72 Å². The van der Waals surface area contributed by atoms with Crippen LogP contribution < -0.4 is 0 Å². The maximum Gasteiger partial charge on any atom is 0.410 e. The molecule has 0 unspecified atom stereocenters. The highest BCUT2D eigenvalue weighted by Gasteiger charge is 2.22. The number of halogens is 2. The highest BCUT2D eigenvalue weighted by Crippen LogP contribution is 2.17. The van der Waals surface area contributed by atoms with Gasteiger partial charge in [0.25, 0.3) is 0 Å². The Balaban J connectivity index is 1.57. The highest BCUT2D eigenvalue weighted by molar-refractivity contribution is 5.68. The van der Waals surface area contributed by atoms with Crippen molar-refractivity contribution in [1.29, 1.82) is 0 Å². The maximum atomic E-state index is 14.0. The lowest BCUT2D eigenvalue weighted by molar-refractivity contribution is 0.0237. The van der Waals surface area contributed by atoms with Gasteiger partial charge in [-0.15, -0.1) is 0 Å². The van der Waals surface area contributed by atoms with E-state index >= 15 is 0 Å².